The van der Waals surface area contributed by atoms with E-state index in [2.05, 4.69) is 24.2 Å². The van der Waals surface area contributed by atoms with E-state index in [9.17, 15) is 0 Å². The molecule has 1 fully saturated rings. The first kappa shape index (κ1) is 6.05. The van der Waals surface area contributed by atoms with Gasteiger partial charge in [0.05, 0.1) is 0 Å². The predicted octanol–water partition coefficient (Wildman–Crippen LogP) is 0.0717. The third-order valence-corrected chi connectivity index (χ3v) is 1.45. The van der Waals surface area contributed by atoms with Crippen LogP contribution in [-0.2, 0) is 0 Å². The molecule has 0 aromatic carbocycles. The Morgan fingerprint density at radius 1 is 1.75 bits per heavy atom. The molecule has 0 aliphatic carbocycles. The number of nitrogens with one attached hydrogen (secondary N) is 1. The third-order valence-electron chi connectivity index (χ3n) is 1.45. The van der Waals surface area contributed by atoms with E-state index in [4.69, 9.17) is 0 Å². The molecule has 0 radical (unpaired) electrons. The lowest BCUT2D eigenvalue weighted by Crippen LogP contribution is -2.46. The SMILES string of the molecule is [CH2-]N1CCNC(C)C1. The van der Waals surface area contributed by atoms with Crippen LogP contribution in [0.5, 0.6) is 0 Å². The maximum atomic E-state index is 3.84. The first-order chi connectivity index (χ1) is 3.79. The van der Waals surface area contributed by atoms with Crippen molar-refractivity contribution in [3.63, 3.8) is 0 Å². The minimum Gasteiger partial charge on any atom is -0.457 e. The highest BCUT2D eigenvalue weighted by molar-refractivity contribution is 4.73. The Labute approximate surface area is 50.9 Å². The van der Waals surface area contributed by atoms with Crippen LogP contribution in [0.2, 0.25) is 0 Å². The smallest absolute Gasteiger partial charge is 0.0143 e. The summed E-state index contributed by atoms with van der Waals surface area (Å²) in [4.78, 5) is 2.10. The number of piperazine rings is 1. The summed E-state index contributed by atoms with van der Waals surface area (Å²) in [5, 5.41) is 3.33. The highest BCUT2D eigenvalue weighted by atomic mass is 15.2. The molecule has 1 aliphatic heterocycles. The van der Waals surface area contributed by atoms with Crippen LogP contribution in [-0.4, -0.2) is 30.6 Å². The van der Waals surface area contributed by atoms with Crippen LogP contribution in [0.1, 0.15) is 6.92 Å². The van der Waals surface area contributed by atoms with Crippen LogP contribution in [0.3, 0.4) is 0 Å². The molecule has 1 saturated heterocycles. The molecule has 1 heterocycles. The van der Waals surface area contributed by atoms with Crippen molar-refractivity contribution >= 4 is 0 Å². The topological polar surface area (TPSA) is 15.3 Å². The van der Waals surface area contributed by atoms with Crippen molar-refractivity contribution in [3.05, 3.63) is 7.05 Å². The highest BCUT2D eigenvalue weighted by Crippen LogP contribution is 1.93. The van der Waals surface area contributed by atoms with Gasteiger partial charge in [-0.15, -0.1) is 0 Å². The van der Waals surface area contributed by atoms with Crippen molar-refractivity contribution in [1.82, 2.24) is 10.2 Å². The lowest BCUT2D eigenvalue weighted by molar-refractivity contribution is 0.272. The fraction of sp³-hybridized carbons (Fsp3) is 0.833. The Morgan fingerprint density at radius 3 is 2.88 bits per heavy atom. The van der Waals surface area contributed by atoms with Gasteiger partial charge in [-0.25, -0.2) is 0 Å². The quantitative estimate of drug-likeness (QED) is 0.447. The van der Waals surface area contributed by atoms with Gasteiger partial charge >= 0.3 is 0 Å². The van der Waals surface area contributed by atoms with Crippen molar-refractivity contribution in [3.8, 4) is 0 Å². The molecule has 0 aromatic heterocycles. The van der Waals surface area contributed by atoms with Gasteiger partial charge in [0, 0.05) is 12.6 Å². The molecule has 2 heteroatoms. The molecular weight excluding hydrogens is 100 g/mol. The fourth-order valence-electron chi connectivity index (χ4n) is 1.01. The molecule has 1 unspecified atom stereocenters. The second kappa shape index (κ2) is 2.46. The lowest BCUT2D eigenvalue weighted by Gasteiger charge is -2.34. The molecule has 1 rings (SSSR count). The standard InChI is InChI=1S/C6H13N2/c1-6-5-8(2)4-3-7-6/h6-7H,2-5H2,1H3/q-1. The Balaban J connectivity index is 2.23. The molecule has 8 heavy (non-hydrogen) atoms. The molecule has 1 aliphatic rings. The first-order valence-corrected chi connectivity index (χ1v) is 3.08. The predicted molar refractivity (Wildman–Crippen MR) is 34.4 cm³/mol. The summed E-state index contributed by atoms with van der Waals surface area (Å²) in [6.45, 7) is 5.44. The van der Waals surface area contributed by atoms with Crippen LogP contribution in [0.15, 0.2) is 0 Å². The van der Waals surface area contributed by atoms with E-state index < -0.39 is 0 Å². The second-order valence-electron chi connectivity index (χ2n) is 2.43. The van der Waals surface area contributed by atoms with E-state index in [1.165, 1.54) is 0 Å². The normalized spacial score (nSPS) is 33.0. The summed E-state index contributed by atoms with van der Waals surface area (Å²) in [5.74, 6) is 0. The summed E-state index contributed by atoms with van der Waals surface area (Å²) in [7, 11) is 3.84. The highest BCUT2D eigenvalue weighted by Gasteiger charge is 2.05. The van der Waals surface area contributed by atoms with Gasteiger partial charge in [-0.2, -0.15) is 0 Å². The number of hydrogen-bond acceptors (Lipinski definition) is 2. The largest absolute Gasteiger partial charge is 0.457 e. The molecule has 0 spiro atoms. The fourth-order valence-corrected chi connectivity index (χ4v) is 1.01. The van der Waals surface area contributed by atoms with Crippen LogP contribution in [0.25, 0.3) is 0 Å². The monoisotopic (exact) mass is 113 g/mol. The van der Waals surface area contributed by atoms with Gasteiger partial charge in [-0.05, 0) is 20.0 Å². The molecular formula is C6H13N2-. The first-order valence-electron chi connectivity index (χ1n) is 3.08. The minimum absolute atomic E-state index is 0.626. The molecule has 1 N–H and O–H groups in total. The van der Waals surface area contributed by atoms with Crippen molar-refractivity contribution in [2.24, 2.45) is 0 Å². The second-order valence-corrected chi connectivity index (χ2v) is 2.43. The molecule has 0 bridgehead atoms. The summed E-state index contributed by atoms with van der Waals surface area (Å²) in [6, 6.07) is 0.626. The Hall–Kier alpha value is -0.0800. The maximum absolute atomic E-state index is 3.84. The van der Waals surface area contributed by atoms with Gasteiger partial charge in [-0.3, -0.25) is 7.05 Å². The minimum atomic E-state index is 0.626. The van der Waals surface area contributed by atoms with E-state index in [1.807, 2.05) is 0 Å². The van der Waals surface area contributed by atoms with E-state index in [-0.39, 0.29) is 0 Å². The summed E-state index contributed by atoms with van der Waals surface area (Å²) < 4.78 is 0. The molecule has 2 nitrogen and oxygen atoms in total. The van der Waals surface area contributed by atoms with E-state index in [1.54, 1.807) is 0 Å². The number of rotatable bonds is 0. The van der Waals surface area contributed by atoms with Gasteiger partial charge in [-0.1, -0.05) is 0 Å². The van der Waals surface area contributed by atoms with Crippen LogP contribution < -0.4 is 5.32 Å². The van der Waals surface area contributed by atoms with Gasteiger partial charge in [0.1, 0.15) is 0 Å². The van der Waals surface area contributed by atoms with Crippen molar-refractivity contribution < 1.29 is 0 Å². The number of hydrogen-bond donors (Lipinski definition) is 1. The summed E-state index contributed by atoms with van der Waals surface area (Å²) in [6.07, 6.45) is 0. The molecule has 0 amide bonds. The zero-order valence-electron chi connectivity index (χ0n) is 5.35. The average molecular weight is 113 g/mol. The van der Waals surface area contributed by atoms with Gasteiger partial charge in [0.2, 0.25) is 0 Å². The molecule has 0 saturated carbocycles. The van der Waals surface area contributed by atoms with Crippen LogP contribution in [0, 0.1) is 7.05 Å². The Morgan fingerprint density at radius 2 is 2.50 bits per heavy atom. The van der Waals surface area contributed by atoms with Crippen molar-refractivity contribution in [2.75, 3.05) is 19.6 Å². The number of nitrogens with zero attached hydrogens (tertiary/aromatic N) is 1. The van der Waals surface area contributed by atoms with E-state index in [0.717, 1.165) is 19.6 Å². The van der Waals surface area contributed by atoms with Crippen molar-refractivity contribution in [2.45, 2.75) is 13.0 Å². The maximum Gasteiger partial charge on any atom is 0.0143 e. The third kappa shape index (κ3) is 1.46. The Bertz CT molecular complexity index is 64.9. The molecule has 48 valence electrons. The van der Waals surface area contributed by atoms with Gasteiger partial charge in [0.15, 0.2) is 0 Å². The van der Waals surface area contributed by atoms with Gasteiger partial charge in [0.25, 0.3) is 0 Å². The molecule has 0 aromatic rings. The average Bonchev–Trinajstić information content (AvgIpc) is 1.64. The summed E-state index contributed by atoms with van der Waals surface area (Å²) >= 11 is 0. The Kier molecular flexibility index (Phi) is 1.86. The van der Waals surface area contributed by atoms with E-state index in [0.29, 0.717) is 6.04 Å². The van der Waals surface area contributed by atoms with Crippen LogP contribution in [0.4, 0.5) is 0 Å². The van der Waals surface area contributed by atoms with Crippen LogP contribution >= 0.6 is 0 Å². The van der Waals surface area contributed by atoms with Crippen molar-refractivity contribution in [1.29, 1.82) is 0 Å². The van der Waals surface area contributed by atoms with Gasteiger partial charge < -0.3 is 10.2 Å². The zero-order chi connectivity index (χ0) is 5.98. The zero-order valence-corrected chi connectivity index (χ0v) is 5.35. The summed E-state index contributed by atoms with van der Waals surface area (Å²) in [5.41, 5.74) is 0. The van der Waals surface area contributed by atoms with E-state index >= 15 is 0 Å². The molecule has 1 atom stereocenters. The lowest BCUT2D eigenvalue weighted by atomic mass is 10.2.